The van der Waals surface area contributed by atoms with E-state index in [-0.39, 0.29) is 4.90 Å². The SMILES string of the molecule is Cc1cc(Cl)ccc1S(=O)(=O)n1cnc2ccccc21. The molecule has 4 nitrogen and oxygen atoms in total. The third kappa shape index (κ3) is 1.99. The second kappa shape index (κ2) is 4.61. The van der Waals surface area contributed by atoms with E-state index in [1.165, 1.54) is 16.4 Å². The number of aryl methyl sites for hydroxylation is 1. The molecule has 0 N–H and O–H groups in total. The van der Waals surface area contributed by atoms with Gasteiger partial charge >= 0.3 is 0 Å². The molecule has 0 aliphatic rings. The number of aromatic nitrogens is 2. The van der Waals surface area contributed by atoms with Crippen LogP contribution in [-0.2, 0) is 10.0 Å². The monoisotopic (exact) mass is 306 g/mol. The van der Waals surface area contributed by atoms with Gasteiger partial charge in [0, 0.05) is 5.02 Å². The van der Waals surface area contributed by atoms with Gasteiger partial charge in [0.1, 0.15) is 6.33 Å². The molecule has 0 atom stereocenters. The number of benzene rings is 2. The third-order valence-electron chi connectivity index (χ3n) is 3.09. The summed E-state index contributed by atoms with van der Waals surface area (Å²) >= 11 is 5.87. The minimum atomic E-state index is -3.67. The highest BCUT2D eigenvalue weighted by Gasteiger charge is 2.21. The van der Waals surface area contributed by atoms with Crippen LogP contribution in [0, 0.1) is 6.92 Å². The first kappa shape index (κ1) is 13.1. The molecule has 3 rings (SSSR count). The van der Waals surface area contributed by atoms with Crippen LogP contribution in [0.25, 0.3) is 11.0 Å². The van der Waals surface area contributed by atoms with E-state index >= 15 is 0 Å². The standard InChI is InChI=1S/C14H11ClN2O2S/c1-10-8-11(15)6-7-14(10)20(18,19)17-9-16-12-4-2-3-5-13(12)17/h2-9H,1H3. The van der Waals surface area contributed by atoms with E-state index < -0.39 is 10.0 Å². The van der Waals surface area contributed by atoms with E-state index in [1.807, 2.05) is 6.07 Å². The smallest absolute Gasteiger partial charge is 0.236 e. The predicted octanol–water partition coefficient (Wildman–Crippen LogP) is 3.24. The summed E-state index contributed by atoms with van der Waals surface area (Å²) in [6, 6.07) is 11.8. The topological polar surface area (TPSA) is 52.0 Å². The molecule has 0 fully saturated rings. The molecule has 0 unspecified atom stereocenters. The third-order valence-corrected chi connectivity index (χ3v) is 5.15. The second-order valence-electron chi connectivity index (χ2n) is 4.44. The Bertz CT molecular complexity index is 900. The number of para-hydroxylation sites is 2. The van der Waals surface area contributed by atoms with Crippen LogP contribution in [-0.4, -0.2) is 17.4 Å². The summed E-state index contributed by atoms with van der Waals surface area (Å²) in [5, 5.41) is 0.511. The van der Waals surface area contributed by atoms with Crippen LogP contribution in [0.1, 0.15) is 5.56 Å². The van der Waals surface area contributed by atoms with Crippen molar-refractivity contribution in [2.24, 2.45) is 0 Å². The van der Waals surface area contributed by atoms with Crippen LogP contribution < -0.4 is 0 Å². The average molecular weight is 307 g/mol. The van der Waals surface area contributed by atoms with E-state index in [9.17, 15) is 8.42 Å². The Hall–Kier alpha value is -1.85. The molecule has 0 aliphatic heterocycles. The van der Waals surface area contributed by atoms with Gasteiger partial charge in [0.2, 0.25) is 0 Å². The Morgan fingerprint density at radius 2 is 1.90 bits per heavy atom. The molecule has 0 bridgehead atoms. The van der Waals surface area contributed by atoms with E-state index in [1.54, 1.807) is 37.3 Å². The fourth-order valence-corrected chi connectivity index (χ4v) is 3.87. The van der Waals surface area contributed by atoms with Crippen LogP contribution in [0.4, 0.5) is 0 Å². The van der Waals surface area contributed by atoms with Crippen molar-refractivity contribution in [1.29, 1.82) is 0 Å². The second-order valence-corrected chi connectivity index (χ2v) is 6.66. The van der Waals surface area contributed by atoms with Crippen molar-refractivity contribution in [2.45, 2.75) is 11.8 Å². The van der Waals surface area contributed by atoms with Gasteiger partial charge in [-0.3, -0.25) is 0 Å². The van der Waals surface area contributed by atoms with E-state index in [0.717, 1.165) is 0 Å². The Labute approximate surface area is 121 Å². The van der Waals surface area contributed by atoms with Crippen LogP contribution in [0.5, 0.6) is 0 Å². The van der Waals surface area contributed by atoms with Gasteiger partial charge in [-0.05, 0) is 42.8 Å². The molecule has 0 saturated carbocycles. The lowest BCUT2D eigenvalue weighted by Gasteiger charge is -2.09. The number of hydrogen-bond acceptors (Lipinski definition) is 3. The zero-order valence-corrected chi connectivity index (χ0v) is 12.2. The van der Waals surface area contributed by atoms with Gasteiger partial charge in [-0.25, -0.2) is 17.4 Å². The number of halogens is 1. The van der Waals surface area contributed by atoms with Crippen molar-refractivity contribution in [3.8, 4) is 0 Å². The molecule has 102 valence electrons. The number of rotatable bonds is 2. The quantitative estimate of drug-likeness (QED) is 0.730. The van der Waals surface area contributed by atoms with E-state index in [0.29, 0.717) is 21.6 Å². The highest BCUT2D eigenvalue weighted by Crippen LogP contribution is 2.24. The maximum Gasteiger partial charge on any atom is 0.269 e. The van der Waals surface area contributed by atoms with Crippen molar-refractivity contribution in [3.05, 3.63) is 59.4 Å². The predicted molar refractivity (Wildman–Crippen MR) is 78.5 cm³/mol. The molecule has 0 aliphatic carbocycles. The summed E-state index contributed by atoms with van der Waals surface area (Å²) in [7, 11) is -3.67. The molecule has 6 heteroatoms. The summed E-state index contributed by atoms with van der Waals surface area (Å²) in [4.78, 5) is 4.34. The molecular formula is C14H11ClN2O2S. The Kier molecular flexibility index (Phi) is 3.03. The number of fused-ring (bicyclic) bond motifs is 1. The van der Waals surface area contributed by atoms with Crippen molar-refractivity contribution in [1.82, 2.24) is 8.96 Å². The molecule has 1 heterocycles. The van der Waals surface area contributed by atoms with Crippen molar-refractivity contribution >= 4 is 32.7 Å². The van der Waals surface area contributed by atoms with Gasteiger partial charge in [0.15, 0.2) is 0 Å². The highest BCUT2D eigenvalue weighted by molar-refractivity contribution is 7.90. The Morgan fingerprint density at radius 1 is 1.15 bits per heavy atom. The Morgan fingerprint density at radius 3 is 2.65 bits per heavy atom. The van der Waals surface area contributed by atoms with Gasteiger partial charge in [0.05, 0.1) is 15.9 Å². The van der Waals surface area contributed by atoms with Gasteiger partial charge < -0.3 is 0 Å². The van der Waals surface area contributed by atoms with Crippen LogP contribution in [0.3, 0.4) is 0 Å². The van der Waals surface area contributed by atoms with Crippen molar-refractivity contribution < 1.29 is 8.42 Å². The van der Waals surface area contributed by atoms with Gasteiger partial charge in [-0.15, -0.1) is 0 Å². The minimum absolute atomic E-state index is 0.227. The van der Waals surface area contributed by atoms with Crippen LogP contribution in [0.2, 0.25) is 5.02 Å². The summed E-state index contributed by atoms with van der Waals surface area (Å²) in [5.74, 6) is 0. The summed E-state index contributed by atoms with van der Waals surface area (Å²) in [6.45, 7) is 1.72. The number of hydrogen-bond donors (Lipinski definition) is 0. The Balaban J connectivity index is 2.26. The molecular weight excluding hydrogens is 296 g/mol. The first-order chi connectivity index (χ1) is 9.50. The van der Waals surface area contributed by atoms with E-state index in [4.69, 9.17) is 11.6 Å². The zero-order valence-electron chi connectivity index (χ0n) is 10.6. The number of nitrogens with zero attached hydrogens (tertiary/aromatic N) is 2. The lowest BCUT2D eigenvalue weighted by atomic mass is 10.2. The maximum atomic E-state index is 12.7. The molecule has 0 radical (unpaired) electrons. The first-order valence-corrected chi connectivity index (χ1v) is 7.76. The fourth-order valence-electron chi connectivity index (χ4n) is 2.14. The fraction of sp³-hybridized carbons (Fsp3) is 0.0714. The summed E-state index contributed by atoms with van der Waals surface area (Å²) < 4.78 is 26.6. The number of imidazole rings is 1. The lowest BCUT2D eigenvalue weighted by molar-refractivity contribution is 0.588. The molecule has 0 saturated heterocycles. The van der Waals surface area contributed by atoms with Crippen molar-refractivity contribution in [2.75, 3.05) is 0 Å². The molecule has 0 amide bonds. The lowest BCUT2D eigenvalue weighted by Crippen LogP contribution is -2.13. The minimum Gasteiger partial charge on any atom is -0.236 e. The van der Waals surface area contributed by atoms with Crippen LogP contribution in [0.15, 0.2) is 53.7 Å². The van der Waals surface area contributed by atoms with E-state index in [2.05, 4.69) is 4.98 Å². The van der Waals surface area contributed by atoms with Gasteiger partial charge in [0.25, 0.3) is 10.0 Å². The molecule has 2 aromatic carbocycles. The first-order valence-electron chi connectivity index (χ1n) is 5.94. The molecule has 3 aromatic rings. The largest absolute Gasteiger partial charge is 0.269 e. The highest BCUT2D eigenvalue weighted by atomic mass is 35.5. The van der Waals surface area contributed by atoms with Gasteiger partial charge in [-0.2, -0.15) is 0 Å². The van der Waals surface area contributed by atoms with Gasteiger partial charge in [-0.1, -0.05) is 23.7 Å². The summed E-state index contributed by atoms with van der Waals surface area (Å²) in [5.41, 5.74) is 1.81. The molecule has 20 heavy (non-hydrogen) atoms. The van der Waals surface area contributed by atoms with Crippen molar-refractivity contribution in [3.63, 3.8) is 0 Å². The normalized spacial score (nSPS) is 11.9. The zero-order chi connectivity index (χ0) is 14.3. The molecule has 0 spiro atoms. The summed E-state index contributed by atoms with van der Waals surface area (Å²) in [6.07, 6.45) is 1.33. The maximum absolute atomic E-state index is 12.7. The van der Waals surface area contributed by atoms with Crippen LogP contribution >= 0.6 is 11.6 Å². The average Bonchev–Trinajstić information content (AvgIpc) is 2.82. The molecule has 1 aromatic heterocycles.